The van der Waals surface area contributed by atoms with Gasteiger partial charge in [-0.2, -0.15) is 13.2 Å². The number of anilines is 1. The van der Waals surface area contributed by atoms with E-state index in [-0.39, 0.29) is 6.42 Å². The molecule has 6 heteroatoms. The molecule has 0 unspecified atom stereocenters. The van der Waals surface area contributed by atoms with Gasteiger partial charge in [-0.15, -0.1) is 0 Å². The minimum atomic E-state index is -4.77. The van der Waals surface area contributed by atoms with E-state index in [9.17, 15) is 18.0 Å². The fourth-order valence-corrected chi connectivity index (χ4v) is 1.59. The van der Waals surface area contributed by atoms with Gasteiger partial charge in [-0.1, -0.05) is 0 Å². The zero-order valence-electron chi connectivity index (χ0n) is 10.1. The second-order valence-corrected chi connectivity index (χ2v) is 3.94. The van der Waals surface area contributed by atoms with Gasteiger partial charge in [0, 0.05) is 6.42 Å². The smallest absolute Gasteiger partial charge is 0.449 e. The first kappa shape index (κ1) is 14.3. The first-order chi connectivity index (χ1) is 8.25. The zero-order valence-corrected chi connectivity index (χ0v) is 10.1. The summed E-state index contributed by atoms with van der Waals surface area (Å²) >= 11 is 0. The molecule has 0 aromatic heterocycles. The molecule has 1 aromatic rings. The molecule has 0 spiro atoms. The van der Waals surface area contributed by atoms with Crippen molar-refractivity contribution >= 4 is 11.5 Å². The van der Waals surface area contributed by atoms with Crippen molar-refractivity contribution in [2.45, 2.75) is 25.9 Å². The maximum absolute atomic E-state index is 12.1. The van der Waals surface area contributed by atoms with Crippen LogP contribution in [0.15, 0.2) is 12.1 Å². The lowest BCUT2D eigenvalue weighted by molar-refractivity contribution is -0.171. The second kappa shape index (κ2) is 5.29. The molecule has 0 saturated carbocycles. The lowest BCUT2D eigenvalue weighted by atomic mass is 10.0. The molecular weight excluding hydrogens is 247 g/mol. The molecule has 0 bridgehead atoms. The third-order valence-electron chi connectivity index (χ3n) is 2.63. The van der Waals surface area contributed by atoms with Gasteiger partial charge in [0.25, 0.3) is 0 Å². The van der Waals surface area contributed by atoms with Crippen LogP contribution in [-0.4, -0.2) is 19.1 Å². The minimum absolute atomic E-state index is 0.0147. The molecule has 0 aliphatic rings. The summed E-state index contributed by atoms with van der Waals surface area (Å²) in [5.74, 6) is -1.33. The van der Waals surface area contributed by atoms with E-state index in [1.807, 2.05) is 0 Å². The number of ether oxygens (including phenoxy) is 1. The van der Waals surface area contributed by atoms with E-state index in [1.165, 1.54) is 7.11 Å². The largest absolute Gasteiger partial charge is 0.495 e. The fraction of sp³-hybridized carbons (Fsp3) is 0.417. The Labute approximate surface area is 103 Å². The highest BCUT2D eigenvalue weighted by Crippen LogP contribution is 2.27. The van der Waals surface area contributed by atoms with Crippen LogP contribution in [0.3, 0.4) is 0 Å². The number of hydrogen-bond acceptors (Lipinski definition) is 3. The molecule has 0 saturated heterocycles. The standard InChI is InChI=1S/C12H14F3NO2/c1-7-5-9(16)10(18-2)6-8(7)3-4-11(17)12(13,14)15/h5-6H,3-4,16H2,1-2H3. The lowest BCUT2D eigenvalue weighted by Gasteiger charge is -2.11. The van der Waals surface area contributed by atoms with Gasteiger partial charge in [0.2, 0.25) is 5.78 Å². The number of hydrogen-bond donors (Lipinski definition) is 1. The van der Waals surface area contributed by atoms with Gasteiger partial charge in [-0.25, -0.2) is 0 Å². The summed E-state index contributed by atoms with van der Waals surface area (Å²) in [6, 6.07) is 3.18. The molecule has 0 amide bonds. The van der Waals surface area contributed by atoms with E-state index in [2.05, 4.69) is 0 Å². The normalized spacial score (nSPS) is 11.4. The Hall–Kier alpha value is -1.72. The Morgan fingerprint density at radius 1 is 1.39 bits per heavy atom. The van der Waals surface area contributed by atoms with Crippen molar-refractivity contribution in [3.63, 3.8) is 0 Å². The monoisotopic (exact) mass is 261 g/mol. The van der Waals surface area contributed by atoms with Crippen molar-refractivity contribution in [1.29, 1.82) is 0 Å². The maximum Gasteiger partial charge on any atom is 0.449 e. The fourth-order valence-electron chi connectivity index (χ4n) is 1.59. The SMILES string of the molecule is COc1cc(CCC(=O)C(F)(F)F)c(C)cc1N. The third-order valence-corrected chi connectivity index (χ3v) is 2.63. The number of aryl methyl sites for hydroxylation is 2. The summed E-state index contributed by atoms with van der Waals surface area (Å²) in [5, 5.41) is 0. The highest BCUT2D eigenvalue weighted by atomic mass is 19.4. The van der Waals surface area contributed by atoms with Crippen LogP contribution in [0.1, 0.15) is 17.5 Å². The molecule has 0 fully saturated rings. The molecule has 0 aliphatic carbocycles. The summed E-state index contributed by atoms with van der Waals surface area (Å²) in [6.45, 7) is 1.73. The molecule has 0 radical (unpaired) electrons. The summed E-state index contributed by atoms with van der Waals surface area (Å²) in [5.41, 5.74) is 7.43. The topological polar surface area (TPSA) is 52.3 Å². The van der Waals surface area contributed by atoms with Crippen molar-refractivity contribution in [1.82, 2.24) is 0 Å². The maximum atomic E-state index is 12.1. The van der Waals surface area contributed by atoms with Crippen LogP contribution in [0.2, 0.25) is 0 Å². The van der Waals surface area contributed by atoms with Crippen molar-refractivity contribution in [2.24, 2.45) is 0 Å². The highest BCUT2D eigenvalue weighted by Gasteiger charge is 2.37. The predicted molar refractivity (Wildman–Crippen MR) is 61.5 cm³/mol. The van der Waals surface area contributed by atoms with Gasteiger partial charge in [0.05, 0.1) is 12.8 Å². The molecule has 2 N–H and O–H groups in total. The van der Waals surface area contributed by atoms with Crippen LogP contribution in [0, 0.1) is 6.92 Å². The molecule has 0 heterocycles. The number of rotatable bonds is 4. The van der Waals surface area contributed by atoms with Crippen LogP contribution in [0.5, 0.6) is 5.75 Å². The summed E-state index contributed by atoms with van der Waals surface area (Å²) in [7, 11) is 1.42. The number of benzene rings is 1. The molecule has 100 valence electrons. The van der Waals surface area contributed by atoms with Crippen molar-refractivity contribution in [2.75, 3.05) is 12.8 Å². The summed E-state index contributed by atoms with van der Waals surface area (Å²) < 4.78 is 41.2. The number of nitrogen functional groups attached to an aromatic ring is 1. The van der Waals surface area contributed by atoms with Gasteiger partial charge in [-0.05, 0) is 36.6 Å². The molecule has 1 aromatic carbocycles. The van der Waals surface area contributed by atoms with Gasteiger partial charge in [-0.3, -0.25) is 4.79 Å². The number of methoxy groups -OCH3 is 1. The molecule has 3 nitrogen and oxygen atoms in total. The Balaban J connectivity index is 2.83. The summed E-state index contributed by atoms with van der Waals surface area (Å²) in [6.07, 6.45) is -5.33. The van der Waals surface area contributed by atoms with E-state index in [1.54, 1.807) is 19.1 Å². The number of nitrogens with two attached hydrogens (primary N) is 1. The van der Waals surface area contributed by atoms with Crippen LogP contribution in [0.25, 0.3) is 0 Å². The Morgan fingerprint density at radius 2 is 2.00 bits per heavy atom. The van der Waals surface area contributed by atoms with Crippen LogP contribution >= 0.6 is 0 Å². The quantitative estimate of drug-likeness (QED) is 0.848. The number of carbonyl (C=O) groups is 1. The average Bonchev–Trinajstić information content (AvgIpc) is 2.26. The summed E-state index contributed by atoms with van der Waals surface area (Å²) in [4.78, 5) is 10.8. The highest BCUT2D eigenvalue weighted by molar-refractivity contribution is 5.84. The van der Waals surface area contributed by atoms with Gasteiger partial charge < -0.3 is 10.5 Å². The minimum Gasteiger partial charge on any atom is -0.495 e. The molecule has 0 atom stereocenters. The zero-order chi connectivity index (χ0) is 13.9. The molecular formula is C12H14F3NO2. The number of carbonyl (C=O) groups excluding carboxylic acids is 1. The number of alkyl halides is 3. The second-order valence-electron chi connectivity index (χ2n) is 3.94. The van der Waals surface area contributed by atoms with E-state index >= 15 is 0 Å². The van der Waals surface area contributed by atoms with Crippen LogP contribution < -0.4 is 10.5 Å². The Bertz CT molecular complexity index is 455. The number of halogens is 3. The van der Waals surface area contributed by atoms with Crippen LogP contribution in [-0.2, 0) is 11.2 Å². The van der Waals surface area contributed by atoms with Gasteiger partial charge in [0.1, 0.15) is 5.75 Å². The van der Waals surface area contributed by atoms with Crippen molar-refractivity contribution in [3.8, 4) is 5.75 Å². The molecule has 18 heavy (non-hydrogen) atoms. The van der Waals surface area contributed by atoms with Gasteiger partial charge in [0.15, 0.2) is 0 Å². The van der Waals surface area contributed by atoms with E-state index in [0.717, 1.165) is 5.56 Å². The van der Waals surface area contributed by atoms with E-state index in [4.69, 9.17) is 10.5 Å². The van der Waals surface area contributed by atoms with Crippen LogP contribution in [0.4, 0.5) is 18.9 Å². The number of Topliss-reactive ketones (excluding diaryl/α,β-unsaturated/α-hetero) is 1. The molecule has 0 aliphatic heterocycles. The predicted octanol–water partition coefficient (Wildman–Crippen LogP) is 2.65. The van der Waals surface area contributed by atoms with Gasteiger partial charge >= 0.3 is 6.18 Å². The lowest BCUT2D eigenvalue weighted by Crippen LogP contribution is -2.23. The van der Waals surface area contributed by atoms with Crippen molar-refractivity contribution in [3.05, 3.63) is 23.3 Å². The Kier molecular flexibility index (Phi) is 4.21. The first-order valence-corrected chi connectivity index (χ1v) is 5.28. The van der Waals surface area contributed by atoms with E-state index < -0.39 is 18.4 Å². The third kappa shape index (κ3) is 3.38. The first-order valence-electron chi connectivity index (χ1n) is 5.28. The van der Waals surface area contributed by atoms with Crippen molar-refractivity contribution < 1.29 is 22.7 Å². The molecule has 1 rings (SSSR count). The average molecular weight is 261 g/mol. The van der Waals surface area contributed by atoms with E-state index in [0.29, 0.717) is 17.0 Å². The Morgan fingerprint density at radius 3 is 2.50 bits per heavy atom. The number of ketones is 1.